The fraction of sp³-hybridized carbons (Fsp3) is 0.400. The molecule has 25 heavy (non-hydrogen) atoms. The Labute approximate surface area is 148 Å². The molecular weight excluding hydrogens is 317 g/mol. The van der Waals surface area contributed by atoms with E-state index in [1.54, 1.807) is 6.07 Å². The quantitative estimate of drug-likeness (QED) is 0.908. The van der Waals surface area contributed by atoms with Gasteiger partial charge in [-0.25, -0.2) is 9.37 Å². The Morgan fingerprint density at radius 3 is 2.80 bits per heavy atom. The topological polar surface area (TPSA) is 45.2 Å². The Morgan fingerprint density at radius 1 is 1.32 bits per heavy atom. The fourth-order valence-corrected chi connectivity index (χ4v) is 3.31. The van der Waals surface area contributed by atoms with Crippen molar-refractivity contribution in [3.8, 4) is 0 Å². The summed E-state index contributed by atoms with van der Waals surface area (Å²) in [5.74, 6) is 1.36. The molecule has 1 saturated heterocycles. The van der Waals surface area contributed by atoms with Crippen LogP contribution < -0.4 is 10.2 Å². The van der Waals surface area contributed by atoms with Crippen LogP contribution in [-0.2, 0) is 17.8 Å². The maximum atomic E-state index is 13.4. The smallest absolute Gasteiger partial charge is 0.217 e. The number of halogens is 1. The van der Waals surface area contributed by atoms with E-state index in [4.69, 9.17) is 0 Å². The number of carbonyl (C=O) groups excluding carboxylic acids is 1. The summed E-state index contributed by atoms with van der Waals surface area (Å²) >= 11 is 0. The van der Waals surface area contributed by atoms with Crippen LogP contribution in [-0.4, -0.2) is 24.0 Å². The van der Waals surface area contributed by atoms with Crippen LogP contribution in [0.5, 0.6) is 0 Å². The van der Waals surface area contributed by atoms with E-state index in [1.807, 2.05) is 37.4 Å². The van der Waals surface area contributed by atoms with E-state index in [0.29, 0.717) is 18.0 Å². The molecule has 1 unspecified atom stereocenters. The molecule has 1 fully saturated rings. The van der Waals surface area contributed by atoms with Crippen molar-refractivity contribution in [2.45, 2.75) is 33.2 Å². The number of aryl methyl sites for hydroxylation is 1. The molecule has 4 nitrogen and oxygen atoms in total. The summed E-state index contributed by atoms with van der Waals surface area (Å²) in [6, 6.07) is 9.43. The molecule has 1 atom stereocenters. The summed E-state index contributed by atoms with van der Waals surface area (Å²) < 4.78 is 13.4. The first-order chi connectivity index (χ1) is 12.0. The number of benzene rings is 1. The Bertz CT molecular complexity index is 745. The zero-order valence-corrected chi connectivity index (χ0v) is 14.8. The maximum absolute atomic E-state index is 13.4. The van der Waals surface area contributed by atoms with Gasteiger partial charge in [0.05, 0.1) is 0 Å². The summed E-state index contributed by atoms with van der Waals surface area (Å²) in [4.78, 5) is 17.8. The predicted octanol–water partition coefficient (Wildman–Crippen LogP) is 3.23. The van der Waals surface area contributed by atoms with E-state index in [2.05, 4.69) is 15.2 Å². The summed E-state index contributed by atoms with van der Waals surface area (Å²) in [5.41, 5.74) is 2.91. The van der Waals surface area contributed by atoms with Gasteiger partial charge in [0.25, 0.3) is 0 Å². The lowest BCUT2D eigenvalue weighted by molar-refractivity contribution is -0.119. The van der Waals surface area contributed by atoms with E-state index in [1.165, 1.54) is 12.5 Å². The largest absolute Gasteiger partial charge is 0.356 e. The van der Waals surface area contributed by atoms with E-state index in [0.717, 1.165) is 37.3 Å². The number of nitrogens with zero attached hydrogens (tertiary/aromatic N) is 2. The molecule has 2 heterocycles. The van der Waals surface area contributed by atoms with Gasteiger partial charge in [0.15, 0.2) is 0 Å². The van der Waals surface area contributed by atoms with Gasteiger partial charge in [-0.2, -0.15) is 0 Å². The van der Waals surface area contributed by atoms with Gasteiger partial charge in [0.2, 0.25) is 5.91 Å². The first-order valence-corrected chi connectivity index (χ1v) is 8.70. The average Bonchev–Trinajstić information content (AvgIpc) is 3.05. The van der Waals surface area contributed by atoms with Crippen molar-refractivity contribution in [3.63, 3.8) is 0 Å². The minimum absolute atomic E-state index is 0.0394. The van der Waals surface area contributed by atoms with Gasteiger partial charge < -0.3 is 10.2 Å². The number of hydrogen-bond donors (Lipinski definition) is 1. The van der Waals surface area contributed by atoms with E-state index in [9.17, 15) is 9.18 Å². The second-order valence-corrected chi connectivity index (χ2v) is 6.82. The molecule has 132 valence electrons. The van der Waals surface area contributed by atoms with Crippen molar-refractivity contribution >= 4 is 11.7 Å². The first kappa shape index (κ1) is 17.4. The zero-order valence-electron chi connectivity index (χ0n) is 14.8. The van der Waals surface area contributed by atoms with E-state index < -0.39 is 0 Å². The third kappa shape index (κ3) is 4.56. The number of amides is 1. The third-order valence-corrected chi connectivity index (χ3v) is 4.71. The molecule has 0 bridgehead atoms. The average molecular weight is 341 g/mol. The zero-order chi connectivity index (χ0) is 17.8. The van der Waals surface area contributed by atoms with Gasteiger partial charge >= 0.3 is 0 Å². The van der Waals surface area contributed by atoms with Crippen LogP contribution in [0.2, 0.25) is 0 Å². The standard InChI is InChI=1S/C20H24FN3O/c1-14-9-16(3-5-19(14)21)10-17-7-8-24(13-17)20-6-4-18(12-23-20)11-22-15(2)25/h3-6,9,12,17H,7-8,10-11,13H2,1-2H3,(H,22,25). The molecule has 1 aromatic heterocycles. The highest BCUT2D eigenvalue weighted by Gasteiger charge is 2.23. The number of anilines is 1. The molecular formula is C20H24FN3O. The molecule has 0 aliphatic carbocycles. The normalized spacial score (nSPS) is 16.9. The van der Waals surface area contributed by atoms with Crippen LogP contribution in [0.15, 0.2) is 36.5 Å². The highest BCUT2D eigenvalue weighted by molar-refractivity contribution is 5.72. The number of aromatic nitrogens is 1. The molecule has 1 aliphatic heterocycles. The molecule has 1 aliphatic rings. The lowest BCUT2D eigenvalue weighted by atomic mass is 9.97. The van der Waals surface area contributed by atoms with E-state index in [-0.39, 0.29) is 11.7 Å². The minimum atomic E-state index is -0.139. The van der Waals surface area contributed by atoms with Crippen LogP contribution in [0.4, 0.5) is 10.2 Å². The lowest BCUT2D eigenvalue weighted by Crippen LogP contribution is -2.22. The minimum Gasteiger partial charge on any atom is -0.356 e. The summed E-state index contributed by atoms with van der Waals surface area (Å²) in [7, 11) is 0. The molecule has 1 amide bonds. The van der Waals surface area contributed by atoms with Crippen LogP contribution in [0, 0.1) is 18.7 Å². The highest BCUT2D eigenvalue weighted by Crippen LogP contribution is 2.25. The molecule has 0 saturated carbocycles. The van der Waals surface area contributed by atoms with Gasteiger partial charge in [-0.3, -0.25) is 4.79 Å². The Kier molecular flexibility index (Phi) is 5.31. The SMILES string of the molecule is CC(=O)NCc1ccc(N2CCC(Cc3ccc(F)c(C)c3)C2)nc1. The van der Waals surface area contributed by atoms with Crippen LogP contribution in [0.1, 0.15) is 30.0 Å². The molecule has 0 radical (unpaired) electrons. The van der Waals surface area contributed by atoms with Crippen molar-refractivity contribution in [1.82, 2.24) is 10.3 Å². The molecule has 5 heteroatoms. The van der Waals surface area contributed by atoms with Crippen LogP contribution in [0.25, 0.3) is 0 Å². The van der Waals surface area contributed by atoms with Crippen LogP contribution >= 0.6 is 0 Å². The highest BCUT2D eigenvalue weighted by atomic mass is 19.1. The Hall–Kier alpha value is -2.43. The Morgan fingerprint density at radius 2 is 2.12 bits per heavy atom. The summed E-state index contributed by atoms with van der Waals surface area (Å²) in [6.45, 7) is 5.79. The molecule has 1 aromatic carbocycles. The number of rotatable bonds is 5. The van der Waals surface area contributed by atoms with Crippen molar-refractivity contribution in [2.75, 3.05) is 18.0 Å². The Balaban J connectivity index is 1.56. The molecule has 2 aromatic rings. The molecule has 3 rings (SSSR count). The predicted molar refractivity (Wildman–Crippen MR) is 96.9 cm³/mol. The summed E-state index contributed by atoms with van der Waals surface area (Å²) in [5, 5.41) is 2.77. The van der Waals surface area contributed by atoms with Crippen molar-refractivity contribution in [2.24, 2.45) is 5.92 Å². The van der Waals surface area contributed by atoms with E-state index >= 15 is 0 Å². The van der Waals surface area contributed by atoms with Crippen LogP contribution in [0.3, 0.4) is 0 Å². The first-order valence-electron chi connectivity index (χ1n) is 8.70. The van der Waals surface area contributed by atoms with Gasteiger partial charge in [0.1, 0.15) is 11.6 Å². The number of carbonyl (C=O) groups is 1. The van der Waals surface area contributed by atoms with Gasteiger partial charge in [-0.15, -0.1) is 0 Å². The second kappa shape index (κ2) is 7.64. The van der Waals surface area contributed by atoms with Crippen molar-refractivity contribution < 1.29 is 9.18 Å². The third-order valence-electron chi connectivity index (χ3n) is 4.71. The van der Waals surface area contributed by atoms with Gasteiger partial charge in [-0.1, -0.05) is 18.2 Å². The number of hydrogen-bond acceptors (Lipinski definition) is 3. The van der Waals surface area contributed by atoms with Gasteiger partial charge in [0, 0.05) is 32.8 Å². The monoisotopic (exact) mass is 341 g/mol. The summed E-state index contributed by atoms with van der Waals surface area (Å²) in [6.07, 6.45) is 3.91. The van der Waals surface area contributed by atoms with Crippen molar-refractivity contribution in [3.05, 3.63) is 59.0 Å². The number of nitrogens with one attached hydrogen (secondary N) is 1. The molecule has 0 spiro atoms. The second-order valence-electron chi connectivity index (χ2n) is 6.82. The maximum Gasteiger partial charge on any atom is 0.217 e. The van der Waals surface area contributed by atoms with Crippen molar-refractivity contribution in [1.29, 1.82) is 0 Å². The van der Waals surface area contributed by atoms with Gasteiger partial charge in [-0.05, 0) is 54.5 Å². The lowest BCUT2D eigenvalue weighted by Gasteiger charge is -2.18. The number of pyridine rings is 1. The fourth-order valence-electron chi connectivity index (χ4n) is 3.31. The molecule has 1 N–H and O–H groups in total.